The molecule has 0 aromatic heterocycles. The Balaban J connectivity index is 1.62. The fourth-order valence-corrected chi connectivity index (χ4v) is 5.86. The number of ether oxygens (including phenoxy) is 2. The number of rotatable bonds is 9. The minimum absolute atomic E-state index is 0.0292. The summed E-state index contributed by atoms with van der Waals surface area (Å²) < 4.78 is 53.7. The number of fused-ring (bicyclic) bond motifs is 1. The standard InChI is InChI=1S/C23H28ClFN4O5S/c1-33-19-12-20(35(31,32)27-7-10-28-8-5-26-6-9-28)16-14-29(23(30)21(16)22(19)34-2)13-15-3-4-18(25)17(24)11-15/h3-4,11-12,26-27H,5-10,13-14H2,1-2H3. The largest absolute Gasteiger partial charge is 0.493 e. The Morgan fingerprint density at radius 2 is 1.91 bits per heavy atom. The quantitative estimate of drug-likeness (QED) is 0.514. The topological polar surface area (TPSA) is 100 Å². The fourth-order valence-electron chi connectivity index (χ4n) is 4.39. The van der Waals surface area contributed by atoms with E-state index >= 15 is 0 Å². The lowest BCUT2D eigenvalue weighted by Gasteiger charge is -2.27. The summed E-state index contributed by atoms with van der Waals surface area (Å²) in [5, 5.41) is 3.21. The van der Waals surface area contributed by atoms with Gasteiger partial charge in [0, 0.05) is 64.0 Å². The Labute approximate surface area is 209 Å². The van der Waals surface area contributed by atoms with Gasteiger partial charge in [-0.05, 0) is 17.7 Å². The van der Waals surface area contributed by atoms with Crippen LogP contribution >= 0.6 is 11.6 Å². The summed E-state index contributed by atoms with van der Waals surface area (Å²) in [5.74, 6) is -0.646. The number of hydrogen-bond donors (Lipinski definition) is 2. The van der Waals surface area contributed by atoms with E-state index in [1.165, 1.54) is 43.4 Å². The molecule has 35 heavy (non-hydrogen) atoms. The lowest BCUT2D eigenvalue weighted by atomic mass is 10.1. The number of hydrogen-bond acceptors (Lipinski definition) is 7. The summed E-state index contributed by atoms with van der Waals surface area (Å²) in [7, 11) is -1.17. The summed E-state index contributed by atoms with van der Waals surface area (Å²) in [4.78, 5) is 17.0. The van der Waals surface area contributed by atoms with Gasteiger partial charge < -0.3 is 19.7 Å². The van der Waals surface area contributed by atoms with E-state index in [1.807, 2.05) is 0 Å². The summed E-state index contributed by atoms with van der Waals surface area (Å²) >= 11 is 5.89. The highest BCUT2D eigenvalue weighted by Crippen LogP contribution is 2.42. The van der Waals surface area contributed by atoms with Gasteiger partial charge in [-0.3, -0.25) is 9.69 Å². The van der Waals surface area contributed by atoms with Crippen LogP contribution in [0, 0.1) is 5.82 Å². The second-order valence-corrected chi connectivity index (χ2v) is 10.5. The zero-order valence-electron chi connectivity index (χ0n) is 19.6. The fraction of sp³-hybridized carbons (Fsp3) is 0.435. The molecule has 2 aromatic rings. The minimum atomic E-state index is -3.95. The monoisotopic (exact) mass is 526 g/mol. The van der Waals surface area contributed by atoms with E-state index in [1.54, 1.807) is 0 Å². The molecule has 1 fully saturated rings. The number of sulfonamides is 1. The van der Waals surface area contributed by atoms with Crippen LogP contribution in [0.3, 0.4) is 0 Å². The van der Waals surface area contributed by atoms with Crippen molar-refractivity contribution >= 4 is 27.5 Å². The molecule has 0 bridgehead atoms. The molecular weight excluding hydrogens is 499 g/mol. The van der Waals surface area contributed by atoms with Gasteiger partial charge in [-0.15, -0.1) is 0 Å². The first-order valence-electron chi connectivity index (χ1n) is 11.2. The molecule has 1 saturated heterocycles. The van der Waals surface area contributed by atoms with E-state index in [9.17, 15) is 17.6 Å². The van der Waals surface area contributed by atoms with Crippen molar-refractivity contribution in [3.05, 3.63) is 51.8 Å². The lowest BCUT2D eigenvalue weighted by molar-refractivity contribution is 0.0763. The predicted octanol–water partition coefficient (Wildman–Crippen LogP) is 1.84. The average molecular weight is 527 g/mol. The molecule has 0 saturated carbocycles. The van der Waals surface area contributed by atoms with E-state index < -0.39 is 21.7 Å². The highest BCUT2D eigenvalue weighted by molar-refractivity contribution is 7.89. The number of halogens is 2. The van der Waals surface area contributed by atoms with E-state index in [0.717, 1.165) is 26.2 Å². The number of piperazine rings is 1. The van der Waals surface area contributed by atoms with Crippen LogP contribution in [-0.4, -0.2) is 77.6 Å². The van der Waals surface area contributed by atoms with E-state index in [0.29, 0.717) is 17.7 Å². The predicted molar refractivity (Wildman–Crippen MR) is 129 cm³/mol. The van der Waals surface area contributed by atoms with Crippen LogP contribution in [0.4, 0.5) is 4.39 Å². The molecule has 0 unspecified atom stereocenters. The molecule has 2 N–H and O–H groups in total. The van der Waals surface area contributed by atoms with Crippen molar-refractivity contribution in [1.29, 1.82) is 0 Å². The van der Waals surface area contributed by atoms with Gasteiger partial charge in [0.1, 0.15) is 5.82 Å². The van der Waals surface area contributed by atoms with Crippen LogP contribution < -0.4 is 19.5 Å². The molecule has 2 heterocycles. The third kappa shape index (κ3) is 5.39. The van der Waals surface area contributed by atoms with Crippen molar-refractivity contribution in [3.63, 3.8) is 0 Å². The molecule has 9 nitrogen and oxygen atoms in total. The first-order valence-corrected chi connectivity index (χ1v) is 13.0. The van der Waals surface area contributed by atoms with Crippen molar-refractivity contribution < 1.29 is 27.1 Å². The Hall–Kier alpha value is -2.44. The van der Waals surface area contributed by atoms with Gasteiger partial charge >= 0.3 is 0 Å². The third-order valence-corrected chi connectivity index (χ3v) is 7.98. The molecule has 1 amide bonds. The second-order valence-electron chi connectivity index (χ2n) is 8.36. The normalized spacial score (nSPS) is 16.5. The molecule has 2 aliphatic rings. The van der Waals surface area contributed by atoms with Crippen molar-refractivity contribution in [2.75, 3.05) is 53.5 Å². The molecule has 0 atom stereocenters. The SMILES string of the molecule is COc1cc(S(=O)(=O)NCCN2CCNCC2)c2c(c1OC)C(=O)N(Cc1ccc(F)c(Cl)c1)C2. The minimum Gasteiger partial charge on any atom is -0.493 e. The van der Waals surface area contributed by atoms with Gasteiger partial charge in [0.15, 0.2) is 11.5 Å². The molecule has 2 aliphatic heterocycles. The van der Waals surface area contributed by atoms with Gasteiger partial charge in [-0.1, -0.05) is 17.7 Å². The Morgan fingerprint density at radius 3 is 2.57 bits per heavy atom. The van der Waals surface area contributed by atoms with E-state index in [-0.39, 0.29) is 46.6 Å². The first-order chi connectivity index (χ1) is 16.7. The number of amides is 1. The molecule has 190 valence electrons. The van der Waals surface area contributed by atoms with Crippen molar-refractivity contribution in [2.24, 2.45) is 0 Å². The van der Waals surface area contributed by atoms with Crippen LogP contribution in [0.2, 0.25) is 5.02 Å². The summed E-state index contributed by atoms with van der Waals surface area (Å²) in [6.07, 6.45) is 0. The van der Waals surface area contributed by atoms with Crippen LogP contribution in [0.1, 0.15) is 21.5 Å². The smallest absolute Gasteiger partial charge is 0.258 e. The summed E-state index contributed by atoms with van der Waals surface area (Å²) in [6, 6.07) is 5.59. The summed E-state index contributed by atoms with van der Waals surface area (Å²) in [6.45, 7) is 4.41. The van der Waals surface area contributed by atoms with E-state index in [2.05, 4.69) is 14.9 Å². The molecule has 0 radical (unpaired) electrons. The van der Waals surface area contributed by atoms with Crippen LogP contribution in [0.15, 0.2) is 29.2 Å². The maximum absolute atomic E-state index is 13.6. The average Bonchev–Trinajstić information content (AvgIpc) is 3.16. The van der Waals surface area contributed by atoms with Gasteiger partial charge in [0.05, 0.1) is 29.7 Å². The van der Waals surface area contributed by atoms with Gasteiger partial charge in [-0.2, -0.15) is 0 Å². The van der Waals surface area contributed by atoms with Crippen LogP contribution in [-0.2, 0) is 23.1 Å². The van der Waals surface area contributed by atoms with E-state index in [4.69, 9.17) is 21.1 Å². The molecular formula is C23H28ClFN4O5S. The number of nitrogens with zero attached hydrogens (tertiary/aromatic N) is 2. The van der Waals surface area contributed by atoms with Gasteiger partial charge in [0.25, 0.3) is 5.91 Å². The Morgan fingerprint density at radius 1 is 1.17 bits per heavy atom. The number of carbonyl (C=O) groups is 1. The maximum atomic E-state index is 13.6. The number of nitrogens with one attached hydrogen (secondary N) is 2. The van der Waals surface area contributed by atoms with Crippen LogP contribution in [0.25, 0.3) is 0 Å². The maximum Gasteiger partial charge on any atom is 0.258 e. The molecule has 0 spiro atoms. The highest BCUT2D eigenvalue weighted by Gasteiger charge is 2.38. The Kier molecular flexibility index (Phi) is 7.82. The van der Waals surface area contributed by atoms with Crippen molar-refractivity contribution in [2.45, 2.75) is 18.0 Å². The van der Waals surface area contributed by atoms with Crippen molar-refractivity contribution in [3.8, 4) is 11.5 Å². The zero-order chi connectivity index (χ0) is 25.2. The summed E-state index contributed by atoms with van der Waals surface area (Å²) in [5.41, 5.74) is 1.08. The molecule has 2 aromatic carbocycles. The zero-order valence-corrected chi connectivity index (χ0v) is 21.1. The lowest BCUT2D eigenvalue weighted by Crippen LogP contribution is -2.46. The molecule has 12 heteroatoms. The number of benzene rings is 2. The van der Waals surface area contributed by atoms with Gasteiger partial charge in [-0.25, -0.2) is 17.5 Å². The highest BCUT2D eigenvalue weighted by atomic mass is 35.5. The molecule has 0 aliphatic carbocycles. The van der Waals surface area contributed by atoms with Gasteiger partial charge in [0.2, 0.25) is 10.0 Å². The Bertz CT molecular complexity index is 1220. The molecule has 4 rings (SSSR count). The number of carbonyl (C=O) groups excluding carboxylic acids is 1. The third-order valence-electron chi connectivity index (χ3n) is 6.16. The van der Waals surface area contributed by atoms with Crippen LogP contribution in [0.5, 0.6) is 11.5 Å². The second kappa shape index (κ2) is 10.7. The van der Waals surface area contributed by atoms with Crippen molar-refractivity contribution in [1.82, 2.24) is 19.8 Å². The number of methoxy groups -OCH3 is 2. The first kappa shape index (κ1) is 25.6.